The van der Waals surface area contributed by atoms with Crippen LogP contribution in [0.1, 0.15) is 39.3 Å². The normalized spacial score (nSPS) is 14.6. The lowest BCUT2D eigenvalue weighted by atomic mass is 10.0. The molecule has 0 fully saturated rings. The van der Waals surface area contributed by atoms with E-state index >= 15 is 0 Å². The first-order valence-electron chi connectivity index (χ1n) is 7.57. The molecular formula is C17H30N2O. The van der Waals surface area contributed by atoms with Crippen molar-refractivity contribution in [3.8, 4) is 5.75 Å². The largest absolute Gasteiger partial charge is 0.496 e. The lowest BCUT2D eigenvalue weighted by Gasteiger charge is -2.32. The molecule has 0 saturated heterocycles. The van der Waals surface area contributed by atoms with Crippen molar-refractivity contribution >= 4 is 0 Å². The molecule has 0 aromatic heterocycles. The van der Waals surface area contributed by atoms with Crippen molar-refractivity contribution < 1.29 is 4.74 Å². The average Bonchev–Trinajstić information content (AvgIpc) is 2.45. The van der Waals surface area contributed by atoms with Crippen LogP contribution in [0.15, 0.2) is 24.3 Å². The van der Waals surface area contributed by atoms with Gasteiger partial charge in [-0.05, 0) is 32.5 Å². The van der Waals surface area contributed by atoms with Gasteiger partial charge in [0.05, 0.1) is 7.11 Å². The Kier molecular flexibility index (Phi) is 7.03. The van der Waals surface area contributed by atoms with Gasteiger partial charge in [0, 0.05) is 24.2 Å². The smallest absolute Gasteiger partial charge is 0.123 e. The van der Waals surface area contributed by atoms with E-state index in [2.05, 4.69) is 57.1 Å². The van der Waals surface area contributed by atoms with E-state index in [0.717, 1.165) is 18.8 Å². The zero-order valence-corrected chi connectivity index (χ0v) is 13.8. The Hall–Kier alpha value is -1.06. The van der Waals surface area contributed by atoms with E-state index in [4.69, 9.17) is 4.74 Å². The van der Waals surface area contributed by atoms with Gasteiger partial charge in [0.1, 0.15) is 5.75 Å². The van der Waals surface area contributed by atoms with Crippen LogP contribution in [0.3, 0.4) is 0 Å². The molecule has 0 aliphatic carbocycles. The predicted molar refractivity (Wildman–Crippen MR) is 86.3 cm³/mol. The Morgan fingerprint density at radius 1 is 1.20 bits per heavy atom. The second kappa shape index (κ2) is 8.28. The Morgan fingerprint density at radius 3 is 2.40 bits per heavy atom. The summed E-state index contributed by atoms with van der Waals surface area (Å²) < 4.78 is 5.50. The molecule has 0 bridgehead atoms. The number of nitrogens with zero attached hydrogens (tertiary/aromatic N) is 1. The SMILES string of the molecule is CCNC(CN(C)C(C)C(C)C)c1ccccc1OC. The molecule has 3 nitrogen and oxygen atoms in total. The second-order valence-corrected chi connectivity index (χ2v) is 5.78. The molecule has 1 aromatic carbocycles. The highest BCUT2D eigenvalue weighted by molar-refractivity contribution is 5.36. The van der Waals surface area contributed by atoms with Crippen molar-refractivity contribution in [3.05, 3.63) is 29.8 Å². The van der Waals surface area contributed by atoms with Gasteiger partial charge < -0.3 is 15.0 Å². The molecule has 0 aliphatic rings. The van der Waals surface area contributed by atoms with Crippen molar-refractivity contribution in [2.24, 2.45) is 5.92 Å². The molecule has 0 heterocycles. The third-order valence-electron chi connectivity index (χ3n) is 4.10. The van der Waals surface area contributed by atoms with Crippen LogP contribution < -0.4 is 10.1 Å². The average molecular weight is 278 g/mol. The highest BCUT2D eigenvalue weighted by Gasteiger charge is 2.20. The van der Waals surface area contributed by atoms with E-state index in [1.807, 2.05) is 12.1 Å². The van der Waals surface area contributed by atoms with Gasteiger partial charge in [-0.1, -0.05) is 39.0 Å². The number of hydrogen-bond donors (Lipinski definition) is 1. The Labute approximate surface area is 124 Å². The van der Waals surface area contributed by atoms with E-state index in [1.54, 1.807) is 7.11 Å². The van der Waals surface area contributed by atoms with Crippen LogP contribution in [-0.4, -0.2) is 38.2 Å². The molecule has 1 rings (SSSR count). The van der Waals surface area contributed by atoms with Gasteiger partial charge in [-0.25, -0.2) is 0 Å². The van der Waals surface area contributed by atoms with Gasteiger partial charge in [0.25, 0.3) is 0 Å². The maximum atomic E-state index is 5.50. The summed E-state index contributed by atoms with van der Waals surface area (Å²) in [5.74, 6) is 1.61. The highest BCUT2D eigenvalue weighted by Crippen LogP contribution is 2.26. The number of rotatable bonds is 8. The summed E-state index contributed by atoms with van der Waals surface area (Å²) in [6, 6.07) is 9.14. The van der Waals surface area contributed by atoms with Crippen molar-refractivity contribution in [2.45, 2.75) is 39.8 Å². The van der Waals surface area contributed by atoms with E-state index in [1.165, 1.54) is 5.56 Å². The van der Waals surface area contributed by atoms with Crippen LogP contribution in [-0.2, 0) is 0 Å². The van der Waals surface area contributed by atoms with Gasteiger partial charge in [0.2, 0.25) is 0 Å². The fourth-order valence-corrected chi connectivity index (χ4v) is 2.44. The van der Waals surface area contributed by atoms with Crippen molar-refractivity contribution in [1.82, 2.24) is 10.2 Å². The minimum absolute atomic E-state index is 0.294. The van der Waals surface area contributed by atoms with Crippen molar-refractivity contribution in [1.29, 1.82) is 0 Å². The molecular weight excluding hydrogens is 248 g/mol. The maximum Gasteiger partial charge on any atom is 0.123 e. The molecule has 0 saturated carbocycles. The summed E-state index contributed by atoms with van der Waals surface area (Å²) >= 11 is 0. The summed E-state index contributed by atoms with van der Waals surface area (Å²) in [6.07, 6.45) is 0. The Morgan fingerprint density at radius 2 is 1.85 bits per heavy atom. The molecule has 2 unspecified atom stereocenters. The number of nitrogens with one attached hydrogen (secondary N) is 1. The summed E-state index contributed by atoms with van der Waals surface area (Å²) in [4.78, 5) is 2.42. The molecule has 0 spiro atoms. The van der Waals surface area contributed by atoms with Gasteiger partial charge >= 0.3 is 0 Å². The lowest BCUT2D eigenvalue weighted by molar-refractivity contribution is 0.187. The van der Waals surface area contributed by atoms with E-state index in [-0.39, 0.29) is 0 Å². The van der Waals surface area contributed by atoms with Crippen LogP contribution in [0.4, 0.5) is 0 Å². The van der Waals surface area contributed by atoms with Crippen LogP contribution in [0, 0.1) is 5.92 Å². The van der Waals surface area contributed by atoms with Crippen LogP contribution in [0.2, 0.25) is 0 Å². The standard InChI is InChI=1S/C17H30N2O/c1-7-18-16(12-19(5)14(4)13(2)3)15-10-8-9-11-17(15)20-6/h8-11,13-14,16,18H,7,12H2,1-6H3. The number of likely N-dealkylation sites (N-methyl/N-ethyl adjacent to an activating group) is 2. The lowest BCUT2D eigenvalue weighted by Crippen LogP contribution is -2.40. The molecule has 0 aliphatic heterocycles. The van der Waals surface area contributed by atoms with Gasteiger partial charge in [-0.2, -0.15) is 0 Å². The van der Waals surface area contributed by atoms with Crippen LogP contribution >= 0.6 is 0 Å². The maximum absolute atomic E-state index is 5.50. The quantitative estimate of drug-likeness (QED) is 0.789. The fraction of sp³-hybridized carbons (Fsp3) is 0.647. The molecule has 0 radical (unpaired) electrons. The molecule has 114 valence electrons. The van der Waals surface area contributed by atoms with Gasteiger partial charge in [0.15, 0.2) is 0 Å². The first-order chi connectivity index (χ1) is 9.51. The molecule has 3 heteroatoms. The topological polar surface area (TPSA) is 24.5 Å². The molecule has 2 atom stereocenters. The third kappa shape index (κ3) is 4.50. The highest BCUT2D eigenvalue weighted by atomic mass is 16.5. The second-order valence-electron chi connectivity index (χ2n) is 5.78. The zero-order valence-electron chi connectivity index (χ0n) is 13.8. The minimum Gasteiger partial charge on any atom is -0.496 e. The van der Waals surface area contributed by atoms with Crippen molar-refractivity contribution in [3.63, 3.8) is 0 Å². The van der Waals surface area contributed by atoms with Crippen LogP contribution in [0.25, 0.3) is 0 Å². The van der Waals surface area contributed by atoms with Gasteiger partial charge in [-0.3, -0.25) is 0 Å². The molecule has 1 aromatic rings. The van der Waals surface area contributed by atoms with Crippen molar-refractivity contribution in [2.75, 3.05) is 27.2 Å². The number of para-hydroxylation sites is 1. The van der Waals surface area contributed by atoms with Crippen LogP contribution in [0.5, 0.6) is 5.75 Å². The van der Waals surface area contributed by atoms with E-state index in [9.17, 15) is 0 Å². The van der Waals surface area contributed by atoms with E-state index < -0.39 is 0 Å². The molecule has 20 heavy (non-hydrogen) atoms. The summed E-state index contributed by atoms with van der Waals surface area (Å²) in [5.41, 5.74) is 1.24. The number of benzene rings is 1. The molecule has 1 N–H and O–H groups in total. The third-order valence-corrected chi connectivity index (χ3v) is 4.10. The molecule has 0 amide bonds. The Balaban J connectivity index is 2.88. The van der Waals surface area contributed by atoms with Gasteiger partial charge in [-0.15, -0.1) is 0 Å². The fourth-order valence-electron chi connectivity index (χ4n) is 2.44. The monoisotopic (exact) mass is 278 g/mol. The predicted octanol–water partition coefficient (Wildman–Crippen LogP) is 3.32. The first kappa shape index (κ1) is 17.0. The summed E-state index contributed by atoms with van der Waals surface area (Å²) in [5, 5.41) is 3.58. The number of hydrogen-bond acceptors (Lipinski definition) is 3. The summed E-state index contributed by atoms with van der Waals surface area (Å²) in [6.45, 7) is 10.9. The number of methoxy groups -OCH3 is 1. The first-order valence-corrected chi connectivity index (χ1v) is 7.57. The zero-order chi connectivity index (χ0) is 15.1. The summed E-state index contributed by atoms with van der Waals surface area (Å²) in [7, 11) is 3.94. The van der Waals surface area contributed by atoms with E-state index in [0.29, 0.717) is 18.0 Å². The Bertz CT molecular complexity index is 392. The minimum atomic E-state index is 0.294. The number of ether oxygens (including phenoxy) is 1.